The van der Waals surface area contributed by atoms with Gasteiger partial charge in [0.1, 0.15) is 5.82 Å². The van der Waals surface area contributed by atoms with Crippen LogP contribution in [0, 0.1) is 5.82 Å². The Hall–Kier alpha value is -0.980. The first-order valence-corrected chi connectivity index (χ1v) is 6.54. The van der Waals surface area contributed by atoms with Crippen molar-refractivity contribution in [3.63, 3.8) is 0 Å². The van der Waals surface area contributed by atoms with Crippen LogP contribution in [-0.2, 0) is 14.8 Å². The highest BCUT2D eigenvalue weighted by atomic mass is 32.2. The summed E-state index contributed by atoms with van der Waals surface area (Å²) in [7, 11) is -2.16. The van der Waals surface area contributed by atoms with E-state index >= 15 is 0 Å². The minimum absolute atomic E-state index is 0.0306. The van der Waals surface area contributed by atoms with Crippen molar-refractivity contribution in [2.24, 2.45) is 0 Å². The van der Waals surface area contributed by atoms with Gasteiger partial charge >= 0.3 is 0 Å². The van der Waals surface area contributed by atoms with E-state index in [-0.39, 0.29) is 11.5 Å². The lowest BCUT2D eigenvalue weighted by molar-refractivity contribution is 0.141. The molecule has 0 amide bonds. The Kier molecular flexibility index (Phi) is 4.24. The summed E-state index contributed by atoms with van der Waals surface area (Å²) in [5.41, 5.74) is -0.720. The summed E-state index contributed by atoms with van der Waals surface area (Å²) >= 11 is 0. The molecular formula is C11H16FNO3S. The first-order chi connectivity index (χ1) is 7.77. The van der Waals surface area contributed by atoms with Crippen LogP contribution in [-0.4, -0.2) is 27.7 Å². The summed E-state index contributed by atoms with van der Waals surface area (Å²) in [6.45, 7) is 3.66. The molecule has 0 aliphatic carbocycles. The Balaban J connectivity index is 2.93. The number of halogens is 1. The Morgan fingerprint density at radius 1 is 1.29 bits per heavy atom. The van der Waals surface area contributed by atoms with Crippen molar-refractivity contribution in [1.82, 2.24) is 4.72 Å². The minimum Gasteiger partial charge on any atom is -0.383 e. The highest BCUT2D eigenvalue weighted by molar-refractivity contribution is 7.89. The molecule has 0 aliphatic heterocycles. The lowest BCUT2D eigenvalue weighted by atomic mass is 10.1. The van der Waals surface area contributed by atoms with Crippen molar-refractivity contribution in [1.29, 1.82) is 0 Å². The van der Waals surface area contributed by atoms with Gasteiger partial charge in [-0.25, -0.2) is 17.5 Å². The molecule has 1 rings (SSSR count). The molecule has 0 radical (unpaired) electrons. The van der Waals surface area contributed by atoms with Crippen LogP contribution < -0.4 is 4.72 Å². The lowest BCUT2D eigenvalue weighted by Gasteiger charge is -2.24. The van der Waals surface area contributed by atoms with Gasteiger partial charge in [0.15, 0.2) is 0 Å². The number of nitrogens with one attached hydrogen (secondary N) is 1. The quantitative estimate of drug-likeness (QED) is 0.874. The SMILES string of the molecule is COCC(C)(C)NS(=O)(=O)c1ccc(F)cc1. The zero-order valence-corrected chi connectivity index (χ0v) is 10.8. The monoisotopic (exact) mass is 261 g/mol. The van der Waals surface area contributed by atoms with Gasteiger partial charge in [-0.15, -0.1) is 0 Å². The van der Waals surface area contributed by atoms with E-state index in [1.807, 2.05) is 0 Å². The minimum atomic E-state index is -3.65. The molecule has 0 aromatic heterocycles. The van der Waals surface area contributed by atoms with E-state index < -0.39 is 21.4 Å². The smallest absolute Gasteiger partial charge is 0.241 e. The maximum Gasteiger partial charge on any atom is 0.241 e. The standard InChI is InChI=1S/C11H16FNO3S/c1-11(2,8-16-3)13-17(14,15)10-6-4-9(12)5-7-10/h4-7,13H,8H2,1-3H3. The Morgan fingerprint density at radius 2 is 1.82 bits per heavy atom. The third-order valence-corrected chi connectivity index (χ3v) is 3.75. The summed E-state index contributed by atoms with van der Waals surface area (Å²) in [5, 5.41) is 0. The van der Waals surface area contributed by atoms with Crippen molar-refractivity contribution in [3.05, 3.63) is 30.1 Å². The average molecular weight is 261 g/mol. The van der Waals surface area contributed by atoms with Gasteiger partial charge in [0.05, 0.1) is 17.0 Å². The van der Waals surface area contributed by atoms with Crippen LogP contribution in [0.3, 0.4) is 0 Å². The molecule has 96 valence electrons. The van der Waals surface area contributed by atoms with E-state index in [9.17, 15) is 12.8 Å². The van der Waals surface area contributed by atoms with Crippen molar-refractivity contribution in [3.8, 4) is 0 Å². The Labute approximate surface area is 101 Å². The molecular weight excluding hydrogens is 245 g/mol. The topological polar surface area (TPSA) is 55.4 Å². The second kappa shape index (κ2) is 5.12. The van der Waals surface area contributed by atoms with Gasteiger partial charge in [0, 0.05) is 7.11 Å². The maximum absolute atomic E-state index is 12.7. The molecule has 0 unspecified atom stereocenters. The normalized spacial score (nSPS) is 12.7. The lowest BCUT2D eigenvalue weighted by Crippen LogP contribution is -2.46. The third-order valence-electron chi connectivity index (χ3n) is 2.04. The van der Waals surface area contributed by atoms with Gasteiger partial charge in [0.2, 0.25) is 10.0 Å². The fourth-order valence-corrected chi connectivity index (χ4v) is 2.83. The van der Waals surface area contributed by atoms with Gasteiger partial charge in [-0.05, 0) is 38.1 Å². The molecule has 0 bridgehead atoms. The molecule has 0 heterocycles. The number of rotatable bonds is 5. The second-order valence-corrected chi connectivity index (χ2v) is 6.06. The number of benzene rings is 1. The van der Waals surface area contributed by atoms with E-state index in [0.717, 1.165) is 12.1 Å². The fraction of sp³-hybridized carbons (Fsp3) is 0.455. The zero-order valence-electron chi connectivity index (χ0n) is 10.0. The first kappa shape index (κ1) is 14.1. The van der Waals surface area contributed by atoms with Crippen LogP contribution in [0.15, 0.2) is 29.2 Å². The van der Waals surface area contributed by atoms with Crippen LogP contribution in [0.5, 0.6) is 0 Å². The number of hydrogen-bond acceptors (Lipinski definition) is 3. The van der Waals surface area contributed by atoms with Gasteiger partial charge in [0.25, 0.3) is 0 Å². The van der Waals surface area contributed by atoms with Crippen molar-refractivity contribution < 1.29 is 17.5 Å². The molecule has 4 nitrogen and oxygen atoms in total. The van der Waals surface area contributed by atoms with Crippen LogP contribution in [0.1, 0.15) is 13.8 Å². The predicted molar refractivity (Wildman–Crippen MR) is 62.7 cm³/mol. The molecule has 0 atom stereocenters. The number of hydrogen-bond donors (Lipinski definition) is 1. The molecule has 6 heteroatoms. The van der Waals surface area contributed by atoms with Crippen LogP contribution in [0.4, 0.5) is 4.39 Å². The highest BCUT2D eigenvalue weighted by Crippen LogP contribution is 2.13. The fourth-order valence-electron chi connectivity index (χ4n) is 1.43. The summed E-state index contributed by atoms with van der Waals surface area (Å²) in [4.78, 5) is 0.0306. The Morgan fingerprint density at radius 3 is 2.29 bits per heavy atom. The van der Waals surface area contributed by atoms with Crippen molar-refractivity contribution in [2.45, 2.75) is 24.3 Å². The third kappa shape index (κ3) is 4.07. The van der Waals surface area contributed by atoms with E-state index in [2.05, 4.69) is 4.72 Å². The summed E-state index contributed by atoms with van der Waals surface area (Å²) in [6.07, 6.45) is 0. The number of sulfonamides is 1. The van der Waals surface area contributed by atoms with Crippen molar-refractivity contribution >= 4 is 10.0 Å². The van der Waals surface area contributed by atoms with Gasteiger partial charge in [-0.2, -0.15) is 0 Å². The molecule has 1 N–H and O–H groups in total. The van der Waals surface area contributed by atoms with Gasteiger partial charge < -0.3 is 4.74 Å². The van der Waals surface area contributed by atoms with E-state index in [1.165, 1.54) is 19.2 Å². The zero-order chi connectivity index (χ0) is 13.1. The molecule has 0 saturated heterocycles. The van der Waals surface area contributed by atoms with Gasteiger partial charge in [-0.3, -0.25) is 0 Å². The second-order valence-electron chi connectivity index (χ2n) is 4.38. The van der Waals surface area contributed by atoms with Gasteiger partial charge in [-0.1, -0.05) is 0 Å². The van der Waals surface area contributed by atoms with Crippen LogP contribution in [0.25, 0.3) is 0 Å². The molecule has 0 saturated carbocycles. The van der Waals surface area contributed by atoms with E-state index in [1.54, 1.807) is 13.8 Å². The Bertz CT molecular complexity index is 468. The van der Waals surface area contributed by atoms with Crippen molar-refractivity contribution in [2.75, 3.05) is 13.7 Å². The maximum atomic E-state index is 12.7. The molecule has 1 aromatic carbocycles. The van der Waals surface area contributed by atoms with E-state index in [4.69, 9.17) is 4.74 Å². The molecule has 17 heavy (non-hydrogen) atoms. The summed E-state index contributed by atoms with van der Waals surface area (Å²) in [5.74, 6) is -0.472. The summed E-state index contributed by atoms with van der Waals surface area (Å²) in [6, 6.07) is 4.66. The first-order valence-electron chi connectivity index (χ1n) is 5.05. The van der Waals surface area contributed by atoms with Crippen LogP contribution in [0.2, 0.25) is 0 Å². The highest BCUT2D eigenvalue weighted by Gasteiger charge is 2.26. The number of methoxy groups -OCH3 is 1. The summed E-state index contributed by atoms with van der Waals surface area (Å²) < 4.78 is 44.0. The average Bonchev–Trinajstić information content (AvgIpc) is 2.16. The molecule has 0 aliphatic rings. The largest absolute Gasteiger partial charge is 0.383 e. The number of ether oxygens (including phenoxy) is 1. The molecule has 1 aromatic rings. The van der Waals surface area contributed by atoms with Crippen LogP contribution >= 0.6 is 0 Å². The van der Waals surface area contributed by atoms with E-state index in [0.29, 0.717) is 0 Å². The predicted octanol–water partition coefficient (Wildman–Crippen LogP) is 1.53. The molecule has 0 spiro atoms. The molecule has 0 fully saturated rings.